The molecule has 1 saturated heterocycles. The molecule has 0 aromatic heterocycles. The summed E-state index contributed by atoms with van der Waals surface area (Å²) in [5, 5.41) is 0. The van der Waals surface area contributed by atoms with Gasteiger partial charge in [-0.1, -0.05) is 18.2 Å². The Bertz CT molecular complexity index is 451. The molecular weight excluding hydrogens is 266 g/mol. The monoisotopic (exact) mass is 291 g/mol. The van der Waals surface area contributed by atoms with Crippen LogP contribution in [0.2, 0.25) is 0 Å². The van der Waals surface area contributed by atoms with Crippen LogP contribution in [0.1, 0.15) is 40.0 Å². The van der Waals surface area contributed by atoms with Crippen LogP contribution in [0, 0.1) is 0 Å². The molecule has 0 spiro atoms. The Morgan fingerprint density at radius 2 is 1.95 bits per heavy atom. The highest BCUT2D eigenvalue weighted by atomic mass is 16.6. The van der Waals surface area contributed by atoms with Gasteiger partial charge in [0.25, 0.3) is 0 Å². The van der Waals surface area contributed by atoms with E-state index in [1.165, 1.54) is 6.42 Å². The highest BCUT2D eigenvalue weighted by Gasteiger charge is 2.35. The Hall–Kier alpha value is -1.71. The fraction of sp³-hybridized carbons (Fsp3) is 0.588. The van der Waals surface area contributed by atoms with Crippen LogP contribution >= 0.6 is 0 Å². The molecule has 1 aliphatic carbocycles. The first-order valence-corrected chi connectivity index (χ1v) is 7.62. The van der Waals surface area contributed by atoms with E-state index < -0.39 is 5.60 Å². The first-order valence-electron chi connectivity index (χ1n) is 7.62. The lowest BCUT2D eigenvalue weighted by molar-refractivity contribution is -0.0397. The summed E-state index contributed by atoms with van der Waals surface area (Å²) in [5.41, 5.74) is -0.448. The molecule has 0 N–H and O–H groups in total. The van der Waals surface area contributed by atoms with Crippen molar-refractivity contribution in [3.8, 4) is 0 Å². The van der Waals surface area contributed by atoms with Crippen molar-refractivity contribution in [1.29, 1.82) is 0 Å². The fourth-order valence-corrected chi connectivity index (χ4v) is 2.13. The van der Waals surface area contributed by atoms with E-state index in [9.17, 15) is 4.79 Å². The number of rotatable bonds is 2. The molecule has 2 rings (SSSR count). The zero-order chi connectivity index (χ0) is 15.3. The summed E-state index contributed by atoms with van der Waals surface area (Å²) >= 11 is 0. The predicted octanol–water partition coefficient (Wildman–Crippen LogP) is 3.80. The van der Waals surface area contributed by atoms with Crippen LogP contribution in [0.25, 0.3) is 0 Å². The van der Waals surface area contributed by atoms with Crippen LogP contribution in [0.3, 0.4) is 0 Å². The lowest BCUT2D eigenvalue weighted by Gasteiger charge is -2.39. The van der Waals surface area contributed by atoms with Crippen LogP contribution in [0.5, 0.6) is 0 Å². The number of allylic oxidation sites excluding steroid dienone is 5. The third-order valence-corrected chi connectivity index (χ3v) is 3.22. The second kappa shape index (κ2) is 6.83. The Kier molecular flexibility index (Phi) is 5.10. The number of nitrogens with zero attached hydrogens (tertiary/aromatic N) is 1. The van der Waals surface area contributed by atoms with Crippen molar-refractivity contribution in [3.63, 3.8) is 0 Å². The summed E-state index contributed by atoms with van der Waals surface area (Å²) in [6.45, 7) is 6.79. The van der Waals surface area contributed by atoms with Gasteiger partial charge in [0.2, 0.25) is 0 Å². The predicted molar refractivity (Wildman–Crippen MR) is 82.9 cm³/mol. The summed E-state index contributed by atoms with van der Waals surface area (Å²) in [6.07, 6.45) is 13.5. The standard InChI is InChI=1S/C17H25NO3/c1-17(2,3)21-16(19)18-12-15(13-18)20-14-10-8-6-4-5-7-9-11-14/h6,8-11,15H,4-5,7,12-13H2,1-3H3/b8-6+,11-9?,14-10?. The molecule has 0 unspecified atom stereocenters. The molecule has 1 aliphatic heterocycles. The molecule has 0 atom stereocenters. The van der Waals surface area contributed by atoms with Gasteiger partial charge in [-0.3, -0.25) is 0 Å². The van der Waals surface area contributed by atoms with Crippen LogP contribution < -0.4 is 0 Å². The molecule has 1 heterocycles. The van der Waals surface area contributed by atoms with Gasteiger partial charge in [0.1, 0.15) is 17.5 Å². The number of carbonyl (C=O) groups is 1. The van der Waals surface area contributed by atoms with Gasteiger partial charge in [-0.2, -0.15) is 0 Å². The molecule has 0 bridgehead atoms. The van der Waals surface area contributed by atoms with Crippen molar-refractivity contribution in [2.75, 3.05) is 13.1 Å². The third kappa shape index (κ3) is 5.29. The van der Waals surface area contributed by atoms with Gasteiger partial charge in [-0.15, -0.1) is 0 Å². The summed E-state index contributed by atoms with van der Waals surface area (Å²) < 4.78 is 11.2. The Balaban J connectivity index is 1.79. The van der Waals surface area contributed by atoms with E-state index in [4.69, 9.17) is 9.47 Å². The highest BCUT2D eigenvalue weighted by molar-refractivity contribution is 5.69. The first kappa shape index (κ1) is 15.7. The number of hydrogen-bond acceptors (Lipinski definition) is 3. The number of ether oxygens (including phenoxy) is 2. The Morgan fingerprint density at radius 3 is 2.67 bits per heavy atom. The van der Waals surface area contributed by atoms with Gasteiger partial charge < -0.3 is 14.4 Å². The maximum absolute atomic E-state index is 11.8. The summed E-state index contributed by atoms with van der Waals surface area (Å²) in [6, 6.07) is 0. The SMILES string of the molecule is CC(C)(C)OC(=O)N1CC(OC2=C/C=C/CCCC=C2)C1. The smallest absolute Gasteiger partial charge is 0.410 e. The molecule has 1 fully saturated rings. The minimum atomic E-state index is -0.448. The van der Waals surface area contributed by atoms with Crippen molar-refractivity contribution in [2.24, 2.45) is 0 Å². The molecular formula is C17H25NO3. The summed E-state index contributed by atoms with van der Waals surface area (Å²) in [4.78, 5) is 13.5. The molecule has 1 amide bonds. The molecule has 0 saturated carbocycles. The zero-order valence-corrected chi connectivity index (χ0v) is 13.2. The van der Waals surface area contributed by atoms with Crippen LogP contribution in [-0.4, -0.2) is 35.8 Å². The molecule has 0 aromatic carbocycles. The molecule has 0 radical (unpaired) electrons. The third-order valence-electron chi connectivity index (χ3n) is 3.22. The van der Waals surface area contributed by atoms with E-state index in [1.54, 1.807) is 4.90 Å². The van der Waals surface area contributed by atoms with E-state index in [0.717, 1.165) is 18.6 Å². The maximum Gasteiger partial charge on any atom is 0.410 e. The first-order chi connectivity index (χ1) is 9.94. The molecule has 2 aliphatic rings. The molecule has 0 aromatic rings. The van der Waals surface area contributed by atoms with E-state index in [-0.39, 0.29) is 12.2 Å². The maximum atomic E-state index is 11.8. The van der Waals surface area contributed by atoms with Gasteiger partial charge in [0.05, 0.1) is 13.1 Å². The molecule has 4 nitrogen and oxygen atoms in total. The van der Waals surface area contributed by atoms with Crippen molar-refractivity contribution < 1.29 is 14.3 Å². The van der Waals surface area contributed by atoms with E-state index in [1.807, 2.05) is 39.0 Å². The average Bonchev–Trinajstić information content (AvgIpc) is 2.44. The Morgan fingerprint density at radius 1 is 1.24 bits per heavy atom. The average molecular weight is 291 g/mol. The summed E-state index contributed by atoms with van der Waals surface area (Å²) in [7, 11) is 0. The molecule has 116 valence electrons. The normalized spacial score (nSPS) is 21.5. The highest BCUT2D eigenvalue weighted by Crippen LogP contribution is 2.20. The van der Waals surface area contributed by atoms with Crippen LogP contribution in [-0.2, 0) is 9.47 Å². The lowest BCUT2D eigenvalue weighted by atomic mass is 10.1. The molecule has 21 heavy (non-hydrogen) atoms. The van der Waals surface area contributed by atoms with Gasteiger partial charge >= 0.3 is 6.09 Å². The Labute approximate surface area is 127 Å². The fourth-order valence-electron chi connectivity index (χ4n) is 2.13. The van der Waals surface area contributed by atoms with E-state index in [2.05, 4.69) is 12.2 Å². The summed E-state index contributed by atoms with van der Waals surface area (Å²) in [5.74, 6) is 0.863. The number of likely N-dealkylation sites (tertiary alicyclic amines) is 1. The number of carbonyl (C=O) groups excluding carboxylic acids is 1. The van der Waals surface area contributed by atoms with Gasteiger partial charge in [0, 0.05) is 0 Å². The van der Waals surface area contributed by atoms with Crippen molar-refractivity contribution in [3.05, 3.63) is 36.1 Å². The molecule has 4 heteroatoms. The quantitative estimate of drug-likeness (QED) is 0.776. The van der Waals surface area contributed by atoms with Crippen LogP contribution in [0.4, 0.5) is 4.79 Å². The number of amides is 1. The largest absolute Gasteiger partial charge is 0.487 e. The number of hydrogen-bond donors (Lipinski definition) is 0. The second-order valence-electron chi connectivity index (χ2n) is 6.46. The topological polar surface area (TPSA) is 38.8 Å². The second-order valence-corrected chi connectivity index (χ2v) is 6.46. The van der Waals surface area contributed by atoms with Crippen molar-refractivity contribution in [1.82, 2.24) is 4.90 Å². The lowest BCUT2D eigenvalue weighted by Crippen LogP contribution is -2.55. The van der Waals surface area contributed by atoms with Crippen LogP contribution in [0.15, 0.2) is 36.1 Å². The minimum Gasteiger partial charge on any atom is -0.487 e. The minimum absolute atomic E-state index is 0.0579. The van der Waals surface area contributed by atoms with Crippen molar-refractivity contribution in [2.45, 2.75) is 51.7 Å². The van der Waals surface area contributed by atoms with E-state index >= 15 is 0 Å². The van der Waals surface area contributed by atoms with E-state index in [0.29, 0.717) is 13.1 Å². The van der Waals surface area contributed by atoms with Crippen molar-refractivity contribution >= 4 is 6.09 Å². The van der Waals surface area contributed by atoms with Gasteiger partial charge in [-0.25, -0.2) is 4.79 Å². The van der Waals surface area contributed by atoms with Gasteiger partial charge in [-0.05, 0) is 52.2 Å². The van der Waals surface area contributed by atoms with Gasteiger partial charge in [0.15, 0.2) is 0 Å². The zero-order valence-electron chi connectivity index (χ0n) is 13.2.